The zero-order valence-electron chi connectivity index (χ0n) is 13.3. The molecule has 0 amide bonds. The monoisotopic (exact) mass is 345 g/mol. The predicted octanol–water partition coefficient (Wildman–Crippen LogP) is 3.67. The molecule has 0 unspecified atom stereocenters. The average Bonchev–Trinajstić information content (AvgIpc) is 3.04. The van der Waals surface area contributed by atoms with Gasteiger partial charge in [-0.3, -0.25) is 0 Å². The molecule has 128 valence electrons. The van der Waals surface area contributed by atoms with E-state index in [1.165, 1.54) is 17.3 Å². The van der Waals surface area contributed by atoms with Gasteiger partial charge in [0.1, 0.15) is 30.2 Å². The highest BCUT2D eigenvalue weighted by Gasteiger charge is 2.60. The minimum Gasteiger partial charge on any atom is -0.354 e. The predicted molar refractivity (Wildman–Crippen MR) is 83.0 cm³/mol. The molecule has 4 rings (SSSR count). The summed E-state index contributed by atoms with van der Waals surface area (Å²) in [7, 11) is 0. The van der Waals surface area contributed by atoms with Crippen molar-refractivity contribution in [3.8, 4) is 0 Å². The zero-order valence-corrected chi connectivity index (χ0v) is 13.3. The van der Waals surface area contributed by atoms with Crippen molar-refractivity contribution in [1.82, 2.24) is 14.8 Å². The third-order valence-electron chi connectivity index (χ3n) is 4.49. The SMILES string of the molecule is Cc1ccccc1[C@H]1O[C@]1(Cn1cncn1)c1cc(F)c(F)cc1F. The fourth-order valence-corrected chi connectivity index (χ4v) is 3.18. The maximum absolute atomic E-state index is 14.5. The van der Waals surface area contributed by atoms with Crippen LogP contribution < -0.4 is 0 Å². The highest BCUT2D eigenvalue weighted by Crippen LogP contribution is 2.59. The molecule has 25 heavy (non-hydrogen) atoms. The number of rotatable bonds is 4. The Hall–Kier alpha value is -2.67. The second-order valence-corrected chi connectivity index (χ2v) is 6.08. The molecule has 0 saturated carbocycles. The molecule has 2 aromatic carbocycles. The Morgan fingerprint density at radius 2 is 1.88 bits per heavy atom. The van der Waals surface area contributed by atoms with E-state index in [-0.39, 0.29) is 12.1 Å². The Labute approximate surface area is 141 Å². The van der Waals surface area contributed by atoms with Crippen LogP contribution in [0.5, 0.6) is 0 Å². The van der Waals surface area contributed by atoms with Crippen LogP contribution in [0.1, 0.15) is 22.8 Å². The van der Waals surface area contributed by atoms with Gasteiger partial charge in [-0.05, 0) is 24.1 Å². The first-order chi connectivity index (χ1) is 12.0. The van der Waals surface area contributed by atoms with Gasteiger partial charge in [0.2, 0.25) is 0 Å². The van der Waals surface area contributed by atoms with Gasteiger partial charge in [0.15, 0.2) is 11.6 Å². The van der Waals surface area contributed by atoms with Crippen molar-refractivity contribution in [3.63, 3.8) is 0 Å². The first-order valence-electron chi connectivity index (χ1n) is 7.72. The molecule has 0 spiro atoms. The Morgan fingerprint density at radius 3 is 2.60 bits per heavy atom. The molecule has 1 saturated heterocycles. The molecule has 2 atom stereocenters. The van der Waals surface area contributed by atoms with E-state index in [2.05, 4.69) is 10.1 Å². The van der Waals surface area contributed by atoms with Crippen LogP contribution in [0.3, 0.4) is 0 Å². The maximum Gasteiger partial charge on any atom is 0.161 e. The molecule has 1 aliphatic rings. The van der Waals surface area contributed by atoms with E-state index in [0.29, 0.717) is 6.07 Å². The molecule has 2 heterocycles. The third kappa shape index (κ3) is 2.60. The molecule has 1 aromatic heterocycles. The molecule has 3 aromatic rings. The molecule has 0 N–H and O–H groups in total. The minimum absolute atomic E-state index is 0.0323. The van der Waals surface area contributed by atoms with Crippen molar-refractivity contribution in [2.24, 2.45) is 0 Å². The van der Waals surface area contributed by atoms with Crippen LogP contribution in [-0.4, -0.2) is 14.8 Å². The van der Waals surface area contributed by atoms with E-state index in [0.717, 1.165) is 17.2 Å². The molecule has 4 nitrogen and oxygen atoms in total. The van der Waals surface area contributed by atoms with Gasteiger partial charge in [0.25, 0.3) is 0 Å². The Morgan fingerprint density at radius 1 is 1.12 bits per heavy atom. The van der Waals surface area contributed by atoms with Gasteiger partial charge < -0.3 is 4.74 Å². The first kappa shape index (κ1) is 15.8. The van der Waals surface area contributed by atoms with E-state index < -0.39 is 29.2 Å². The Kier molecular flexibility index (Phi) is 3.61. The van der Waals surface area contributed by atoms with Gasteiger partial charge in [-0.15, -0.1) is 0 Å². The average molecular weight is 345 g/mol. The summed E-state index contributed by atoms with van der Waals surface area (Å²) in [6.45, 7) is 2.05. The van der Waals surface area contributed by atoms with E-state index in [4.69, 9.17) is 4.74 Å². The molecular formula is C18H14F3N3O. The number of aryl methyl sites for hydroxylation is 1. The number of halogens is 3. The quantitative estimate of drug-likeness (QED) is 0.535. The smallest absolute Gasteiger partial charge is 0.161 e. The van der Waals surface area contributed by atoms with Crippen molar-refractivity contribution in [1.29, 1.82) is 0 Å². The van der Waals surface area contributed by atoms with E-state index >= 15 is 0 Å². The molecule has 1 aliphatic heterocycles. The van der Waals surface area contributed by atoms with Crippen LogP contribution in [0.2, 0.25) is 0 Å². The number of hydrogen-bond donors (Lipinski definition) is 0. The lowest BCUT2D eigenvalue weighted by molar-refractivity contribution is 0.255. The van der Waals surface area contributed by atoms with Crippen LogP contribution in [0.25, 0.3) is 0 Å². The highest BCUT2D eigenvalue weighted by molar-refractivity contribution is 5.40. The van der Waals surface area contributed by atoms with E-state index in [1.807, 2.05) is 31.2 Å². The van der Waals surface area contributed by atoms with Gasteiger partial charge in [0, 0.05) is 11.6 Å². The summed E-state index contributed by atoms with van der Waals surface area (Å²) in [4.78, 5) is 3.87. The molecule has 0 radical (unpaired) electrons. The Bertz CT molecular complexity index is 929. The van der Waals surface area contributed by atoms with Crippen molar-refractivity contribution >= 4 is 0 Å². The number of benzene rings is 2. The highest BCUT2D eigenvalue weighted by atomic mass is 19.2. The molecule has 0 aliphatic carbocycles. The standard InChI is InChI=1S/C18H14F3N3O/c1-11-4-2-3-5-12(11)17-18(25-17,8-24-10-22-9-23-24)13-6-15(20)16(21)7-14(13)19/h2-7,9-10,17H,8H2,1H3/t17-,18-/m1/s1. The van der Waals surface area contributed by atoms with Gasteiger partial charge in [-0.2, -0.15) is 5.10 Å². The summed E-state index contributed by atoms with van der Waals surface area (Å²) in [5.41, 5.74) is 0.635. The molecule has 1 fully saturated rings. The van der Waals surface area contributed by atoms with E-state index in [1.54, 1.807) is 0 Å². The molecule has 0 bridgehead atoms. The van der Waals surface area contributed by atoms with Crippen molar-refractivity contribution in [3.05, 3.63) is 83.2 Å². The summed E-state index contributed by atoms with van der Waals surface area (Å²) in [6.07, 6.45) is 2.33. The first-order valence-corrected chi connectivity index (χ1v) is 7.72. The maximum atomic E-state index is 14.5. The molecule has 7 heteroatoms. The normalized spacial score (nSPS) is 22.2. The topological polar surface area (TPSA) is 43.2 Å². The van der Waals surface area contributed by atoms with Crippen LogP contribution in [0.4, 0.5) is 13.2 Å². The summed E-state index contributed by atoms with van der Waals surface area (Å²) in [6, 6.07) is 8.94. The molecular weight excluding hydrogens is 331 g/mol. The van der Waals surface area contributed by atoms with Crippen molar-refractivity contribution in [2.75, 3.05) is 0 Å². The number of nitrogens with zero attached hydrogens (tertiary/aromatic N) is 3. The largest absolute Gasteiger partial charge is 0.354 e. The van der Waals surface area contributed by atoms with Gasteiger partial charge in [-0.1, -0.05) is 24.3 Å². The summed E-state index contributed by atoms with van der Waals surface area (Å²) in [5, 5.41) is 4.02. The number of ether oxygens (including phenoxy) is 1. The number of aromatic nitrogens is 3. The zero-order chi connectivity index (χ0) is 17.6. The fourth-order valence-electron chi connectivity index (χ4n) is 3.18. The summed E-state index contributed by atoms with van der Waals surface area (Å²) >= 11 is 0. The minimum atomic E-state index is -1.23. The lowest BCUT2D eigenvalue weighted by Gasteiger charge is -2.16. The van der Waals surface area contributed by atoms with Crippen LogP contribution >= 0.6 is 0 Å². The fraction of sp³-hybridized carbons (Fsp3) is 0.222. The van der Waals surface area contributed by atoms with Crippen LogP contribution in [-0.2, 0) is 16.9 Å². The third-order valence-corrected chi connectivity index (χ3v) is 4.49. The van der Waals surface area contributed by atoms with Gasteiger partial charge in [0.05, 0.1) is 6.54 Å². The summed E-state index contributed by atoms with van der Waals surface area (Å²) < 4.78 is 48.9. The van der Waals surface area contributed by atoms with Gasteiger partial charge >= 0.3 is 0 Å². The second-order valence-electron chi connectivity index (χ2n) is 6.08. The van der Waals surface area contributed by atoms with Crippen LogP contribution in [0.15, 0.2) is 49.1 Å². The second kappa shape index (κ2) is 5.70. The van der Waals surface area contributed by atoms with Crippen LogP contribution in [0, 0.1) is 24.4 Å². The lowest BCUT2D eigenvalue weighted by atomic mass is 9.89. The Balaban J connectivity index is 1.82. The van der Waals surface area contributed by atoms with Gasteiger partial charge in [-0.25, -0.2) is 22.8 Å². The van der Waals surface area contributed by atoms with Crippen molar-refractivity contribution < 1.29 is 17.9 Å². The number of hydrogen-bond acceptors (Lipinski definition) is 3. The lowest BCUT2D eigenvalue weighted by Crippen LogP contribution is -2.21. The van der Waals surface area contributed by atoms with Crippen molar-refractivity contribution in [2.45, 2.75) is 25.2 Å². The van der Waals surface area contributed by atoms with E-state index in [9.17, 15) is 13.2 Å². The summed E-state index contributed by atoms with van der Waals surface area (Å²) in [5.74, 6) is -3.20. The number of epoxide rings is 1.